The highest BCUT2D eigenvalue weighted by atomic mass is 79.9. The summed E-state index contributed by atoms with van der Waals surface area (Å²) in [5.41, 5.74) is 2.65. The first-order valence-electron chi connectivity index (χ1n) is 5.81. The molecule has 0 saturated carbocycles. The number of amides is 1. The quantitative estimate of drug-likeness (QED) is 0.869. The first-order valence-corrected chi connectivity index (χ1v) is 6.61. The molecular weight excluding hydrogens is 309 g/mol. The second-order valence-electron chi connectivity index (χ2n) is 4.35. The molecule has 0 atom stereocenters. The van der Waals surface area contributed by atoms with Gasteiger partial charge in [0.15, 0.2) is 0 Å². The van der Waals surface area contributed by atoms with Gasteiger partial charge in [-0.05, 0) is 43.2 Å². The molecule has 19 heavy (non-hydrogen) atoms. The second kappa shape index (κ2) is 5.53. The summed E-state index contributed by atoms with van der Waals surface area (Å²) in [5.74, 6) is -0.983. The van der Waals surface area contributed by atoms with Crippen molar-refractivity contribution in [2.75, 3.05) is 5.32 Å². The summed E-state index contributed by atoms with van der Waals surface area (Å²) >= 11 is 3.23. The van der Waals surface area contributed by atoms with Crippen molar-refractivity contribution >= 4 is 27.5 Å². The van der Waals surface area contributed by atoms with E-state index < -0.39 is 11.7 Å². The summed E-state index contributed by atoms with van der Waals surface area (Å²) in [6.07, 6.45) is 0. The Morgan fingerprint density at radius 3 is 2.42 bits per heavy atom. The summed E-state index contributed by atoms with van der Waals surface area (Å²) in [5, 5.41) is 2.76. The third-order valence-electron chi connectivity index (χ3n) is 2.89. The molecule has 2 aromatic rings. The Morgan fingerprint density at radius 1 is 1.16 bits per heavy atom. The molecular formula is C15H13BrFNO. The van der Waals surface area contributed by atoms with E-state index in [0.717, 1.165) is 16.8 Å². The monoisotopic (exact) mass is 321 g/mol. The summed E-state index contributed by atoms with van der Waals surface area (Å²) < 4.78 is 14.3. The van der Waals surface area contributed by atoms with E-state index >= 15 is 0 Å². The highest BCUT2D eigenvalue weighted by Crippen LogP contribution is 2.22. The number of rotatable bonds is 2. The van der Waals surface area contributed by atoms with Gasteiger partial charge in [0.25, 0.3) is 5.91 Å². The van der Waals surface area contributed by atoms with E-state index in [1.54, 1.807) is 6.07 Å². The average Bonchev–Trinajstić information content (AvgIpc) is 2.37. The normalized spacial score (nSPS) is 10.3. The predicted octanol–water partition coefficient (Wildman–Crippen LogP) is 4.46. The SMILES string of the molecule is Cc1cccc(C)c1NC(=O)c1cc(Br)ccc1F. The molecule has 1 N–H and O–H groups in total. The van der Waals surface area contributed by atoms with Gasteiger partial charge >= 0.3 is 0 Å². The van der Waals surface area contributed by atoms with Crippen LogP contribution in [0.4, 0.5) is 10.1 Å². The molecule has 0 radical (unpaired) electrons. The lowest BCUT2D eigenvalue weighted by Crippen LogP contribution is -2.15. The molecule has 2 aromatic carbocycles. The number of nitrogens with one attached hydrogen (secondary N) is 1. The van der Waals surface area contributed by atoms with E-state index in [0.29, 0.717) is 4.47 Å². The van der Waals surface area contributed by atoms with E-state index in [1.807, 2.05) is 32.0 Å². The fraction of sp³-hybridized carbons (Fsp3) is 0.133. The zero-order valence-electron chi connectivity index (χ0n) is 10.6. The Balaban J connectivity index is 2.34. The average molecular weight is 322 g/mol. The molecule has 0 spiro atoms. The number of hydrogen-bond donors (Lipinski definition) is 1. The zero-order valence-corrected chi connectivity index (χ0v) is 12.2. The molecule has 0 aliphatic rings. The van der Waals surface area contributed by atoms with Gasteiger partial charge in [-0.2, -0.15) is 0 Å². The van der Waals surface area contributed by atoms with Gasteiger partial charge in [-0.15, -0.1) is 0 Å². The topological polar surface area (TPSA) is 29.1 Å². The van der Waals surface area contributed by atoms with Crippen molar-refractivity contribution in [1.29, 1.82) is 0 Å². The summed E-state index contributed by atoms with van der Waals surface area (Å²) in [4.78, 5) is 12.1. The van der Waals surface area contributed by atoms with Crippen molar-refractivity contribution in [3.05, 3.63) is 63.4 Å². The van der Waals surface area contributed by atoms with E-state index in [-0.39, 0.29) is 5.56 Å². The first-order chi connectivity index (χ1) is 8.99. The summed E-state index contributed by atoms with van der Waals surface area (Å²) in [6.45, 7) is 3.81. The Morgan fingerprint density at radius 2 is 1.79 bits per heavy atom. The fourth-order valence-corrected chi connectivity index (χ4v) is 2.23. The van der Waals surface area contributed by atoms with Gasteiger partial charge in [-0.3, -0.25) is 4.79 Å². The largest absolute Gasteiger partial charge is 0.321 e. The molecule has 0 aromatic heterocycles. The molecule has 1 amide bonds. The maximum absolute atomic E-state index is 13.6. The number of aryl methyl sites for hydroxylation is 2. The van der Waals surface area contributed by atoms with Crippen molar-refractivity contribution in [2.45, 2.75) is 13.8 Å². The van der Waals surface area contributed by atoms with E-state index in [1.165, 1.54) is 12.1 Å². The van der Waals surface area contributed by atoms with Gasteiger partial charge in [-0.25, -0.2) is 4.39 Å². The van der Waals surface area contributed by atoms with Crippen molar-refractivity contribution in [1.82, 2.24) is 0 Å². The molecule has 0 unspecified atom stereocenters. The van der Waals surface area contributed by atoms with Crippen molar-refractivity contribution in [3.63, 3.8) is 0 Å². The van der Waals surface area contributed by atoms with E-state index in [4.69, 9.17) is 0 Å². The van der Waals surface area contributed by atoms with Crippen molar-refractivity contribution < 1.29 is 9.18 Å². The number of carbonyl (C=O) groups excluding carboxylic acids is 1. The minimum atomic E-state index is -0.535. The molecule has 2 rings (SSSR count). The number of anilines is 1. The van der Waals surface area contributed by atoms with Crippen LogP contribution >= 0.6 is 15.9 Å². The second-order valence-corrected chi connectivity index (χ2v) is 5.26. The molecule has 4 heteroatoms. The van der Waals surface area contributed by atoms with Gasteiger partial charge in [0, 0.05) is 10.2 Å². The summed E-state index contributed by atoms with van der Waals surface area (Å²) in [6, 6.07) is 10.0. The predicted molar refractivity (Wildman–Crippen MR) is 78.0 cm³/mol. The number of carbonyl (C=O) groups is 1. The van der Waals surface area contributed by atoms with Crippen LogP contribution in [0.25, 0.3) is 0 Å². The van der Waals surface area contributed by atoms with Gasteiger partial charge < -0.3 is 5.32 Å². The van der Waals surface area contributed by atoms with Gasteiger partial charge in [0.2, 0.25) is 0 Å². The van der Waals surface area contributed by atoms with Crippen LogP contribution in [-0.4, -0.2) is 5.91 Å². The third kappa shape index (κ3) is 3.01. The van der Waals surface area contributed by atoms with Gasteiger partial charge in [-0.1, -0.05) is 34.1 Å². The zero-order chi connectivity index (χ0) is 14.0. The smallest absolute Gasteiger partial charge is 0.258 e. The first kappa shape index (κ1) is 13.7. The minimum Gasteiger partial charge on any atom is -0.321 e. The number of para-hydroxylation sites is 1. The summed E-state index contributed by atoms with van der Waals surface area (Å²) in [7, 11) is 0. The number of hydrogen-bond acceptors (Lipinski definition) is 1. The Hall–Kier alpha value is -1.68. The lowest BCUT2D eigenvalue weighted by Gasteiger charge is -2.12. The molecule has 0 heterocycles. The van der Waals surface area contributed by atoms with E-state index in [9.17, 15) is 9.18 Å². The van der Waals surface area contributed by atoms with Crippen molar-refractivity contribution in [3.8, 4) is 0 Å². The van der Waals surface area contributed by atoms with Crippen LogP contribution in [0.5, 0.6) is 0 Å². The highest BCUT2D eigenvalue weighted by molar-refractivity contribution is 9.10. The van der Waals surface area contributed by atoms with Gasteiger partial charge in [0.05, 0.1) is 5.56 Å². The molecule has 0 aliphatic heterocycles. The van der Waals surface area contributed by atoms with E-state index in [2.05, 4.69) is 21.2 Å². The van der Waals surface area contributed by atoms with Crippen LogP contribution in [0.3, 0.4) is 0 Å². The van der Waals surface area contributed by atoms with Crippen LogP contribution in [0.2, 0.25) is 0 Å². The van der Waals surface area contributed by atoms with Crippen LogP contribution in [0.15, 0.2) is 40.9 Å². The standard InChI is InChI=1S/C15H13BrFNO/c1-9-4-3-5-10(2)14(9)18-15(19)12-8-11(16)6-7-13(12)17/h3-8H,1-2H3,(H,18,19). The Kier molecular flexibility index (Phi) is 4.00. The fourth-order valence-electron chi connectivity index (χ4n) is 1.86. The molecule has 98 valence electrons. The van der Waals surface area contributed by atoms with Crippen LogP contribution < -0.4 is 5.32 Å². The Bertz CT molecular complexity index is 620. The highest BCUT2D eigenvalue weighted by Gasteiger charge is 2.14. The molecule has 0 aliphatic carbocycles. The van der Waals surface area contributed by atoms with Crippen molar-refractivity contribution in [2.24, 2.45) is 0 Å². The van der Waals surface area contributed by atoms with Crippen LogP contribution in [0.1, 0.15) is 21.5 Å². The third-order valence-corrected chi connectivity index (χ3v) is 3.39. The van der Waals surface area contributed by atoms with Crippen LogP contribution in [0, 0.1) is 19.7 Å². The molecule has 0 fully saturated rings. The maximum Gasteiger partial charge on any atom is 0.258 e. The van der Waals surface area contributed by atoms with Gasteiger partial charge in [0.1, 0.15) is 5.82 Å². The van der Waals surface area contributed by atoms with Crippen LogP contribution in [-0.2, 0) is 0 Å². The maximum atomic E-state index is 13.6. The number of benzene rings is 2. The molecule has 2 nitrogen and oxygen atoms in total. The molecule has 0 saturated heterocycles. The minimum absolute atomic E-state index is 0.0250. The lowest BCUT2D eigenvalue weighted by atomic mass is 10.1. The number of halogens is 2. The lowest BCUT2D eigenvalue weighted by molar-refractivity contribution is 0.102. The Labute approximate surface area is 119 Å². The molecule has 0 bridgehead atoms.